The van der Waals surface area contributed by atoms with E-state index in [4.69, 9.17) is 4.74 Å². The van der Waals surface area contributed by atoms with Crippen molar-refractivity contribution in [3.63, 3.8) is 0 Å². The van der Waals surface area contributed by atoms with Gasteiger partial charge in [0.25, 0.3) is 0 Å². The van der Waals surface area contributed by atoms with Gasteiger partial charge in [0.1, 0.15) is 11.9 Å². The average molecular weight is 337 g/mol. The molecule has 0 saturated carbocycles. The van der Waals surface area contributed by atoms with Crippen molar-refractivity contribution in [1.29, 1.82) is 0 Å². The number of nitrogens with zero attached hydrogens (tertiary/aromatic N) is 3. The molecule has 0 N–H and O–H groups in total. The summed E-state index contributed by atoms with van der Waals surface area (Å²) in [7, 11) is -3.72. The van der Waals surface area contributed by atoms with Crippen LogP contribution in [-0.4, -0.2) is 42.1 Å². The summed E-state index contributed by atoms with van der Waals surface area (Å²) in [5, 5.41) is 7.81. The normalized spacial score (nSPS) is 19.0. The second-order valence-electron chi connectivity index (χ2n) is 5.36. The Morgan fingerprint density at radius 2 is 2.09 bits per heavy atom. The van der Waals surface area contributed by atoms with Crippen LogP contribution < -0.4 is 4.74 Å². The van der Waals surface area contributed by atoms with Crippen LogP contribution in [0.2, 0.25) is 0 Å². The minimum Gasteiger partial charge on any atom is -0.472 e. The van der Waals surface area contributed by atoms with E-state index in [-0.39, 0.29) is 17.5 Å². The number of hydrogen-bond donors (Lipinski definition) is 0. The number of benzene rings is 1. The van der Waals surface area contributed by atoms with E-state index in [1.807, 2.05) is 6.92 Å². The smallest absolute Gasteiger partial charge is 0.243 e. The van der Waals surface area contributed by atoms with Gasteiger partial charge in [-0.25, -0.2) is 12.8 Å². The number of ether oxygens (including phenoxy) is 1. The van der Waals surface area contributed by atoms with E-state index in [1.54, 1.807) is 12.1 Å². The van der Waals surface area contributed by atoms with Gasteiger partial charge >= 0.3 is 0 Å². The maximum Gasteiger partial charge on any atom is 0.243 e. The van der Waals surface area contributed by atoms with E-state index in [0.29, 0.717) is 18.8 Å². The molecular weight excluding hydrogens is 321 g/mol. The maximum absolute atomic E-state index is 13.3. The summed E-state index contributed by atoms with van der Waals surface area (Å²) in [5.74, 6) is -0.210. The molecule has 1 aromatic carbocycles. The molecule has 2 heterocycles. The molecule has 0 spiro atoms. The second kappa shape index (κ2) is 6.21. The van der Waals surface area contributed by atoms with Crippen LogP contribution in [0.5, 0.6) is 5.88 Å². The van der Waals surface area contributed by atoms with Crippen LogP contribution in [0.15, 0.2) is 41.3 Å². The first-order valence-corrected chi connectivity index (χ1v) is 8.62. The lowest BCUT2D eigenvalue weighted by Crippen LogP contribution is -2.31. The zero-order chi connectivity index (χ0) is 16.4. The fourth-order valence-corrected chi connectivity index (χ4v) is 3.93. The average Bonchev–Trinajstić information content (AvgIpc) is 2.99. The van der Waals surface area contributed by atoms with Crippen molar-refractivity contribution >= 4 is 10.0 Å². The van der Waals surface area contributed by atoms with Gasteiger partial charge in [-0.3, -0.25) is 0 Å². The predicted molar refractivity (Wildman–Crippen MR) is 81.0 cm³/mol. The van der Waals surface area contributed by atoms with Gasteiger partial charge in [-0.1, -0.05) is 6.07 Å². The zero-order valence-corrected chi connectivity index (χ0v) is 13.3. The van der Waals surface area contributed by atoms with Crippen LogP contribution in [0.25, 0.3) is 0 Å². The maximum atomic E-state index is 13.3. The van der Waals surface area contributed by atoms with Crippen molar-refractivity contribution < 1.29 is 17.5 Å². The van der Waals surface area contributed by atoms with E-state index in [9.17, 15) is 12.8 Å². The largest absolute Gasteiger partial charge is 0.472 e. The summed E-state index contributed by atoms with van der Waals surface area (Å²) in [6, 6.07) is 8.48. The highest BCUT2D eigenvalue weighted by Gasteiger charge is 2.34. The quantitative estimate of drug-likeness (QED) is 0.850. The highest BCUT2D eigenvalue weighted by atomic mass is 32.2. The summed E-state index contributed by atoms with van der Waals surface area (Å²) in [5.41, 5.74) is 0.777. The highest BCUT2D eigenvalue weighted by Crippen LogP contribution is 2.23. The molecule has 1 saturated heterocycles. The Balaban J connectivity index is 1.70. The third-order valence-corrected chi connectivity index (χ3v) is 5.46. The Morgan fingerprint density at radius 3 is 2.78 bits per heavy atom. The number of hydrogen-bond acceptors (Lipinski definition) is 5. The van der Waals surface area contributed by atoms with Gasteiger partial charge in [0, 0.05) is 12.6 Å². The molecule has 122 valence electrons. The van der Waals surface area contributed by atoms with Crippen LogP contribution >= 0.6 is 0 Å². The molecule has 23 heavy (non-hydrogen) atoms. The van der Waals surface area contributed by atoms with Gasteiger partial charge in [0.05, 0.1) is 17.1 Å². The first kappa shape index (κ1) is 15.8. The summed E-state index contributed by atoms with van der Waals surface area (Å²) in [6.45, 7) is 2.34. The fourth-order valence-electron chi connectivity index (χ4n) is 2.41. The first-order valence-electron chi connectivity index (χ1n) is 7.18. The molecule has 0 bridgehead atoms. The van der Waals surface area contributed by atoms with Gasteiger partial charge in [-0.05, 0) is 37.6 Å². The Kier molecular flexibility index (Phi) is 4.27. The molecule has 1 aliphatic heterocycles. The van der Waals surface area contributed by atoms with E-state index < -0.39 is 15.8 Å². The van der Waals surface area contributed by atoms with Gasteiger partial charge in [-0.2, -0.15) is 9.40 Å². The molecule has 1 aromatic heterocycles. The molecule has 1 aliphatic rings. The Hall–Kier alpha value is -2.06. The van der Waals surface area contributed by atoms with Gasteiger partial charge < -0.3 is 4.74 Å². The third-order valence-electron chi connectivity index (χ3n) is 3.60. The molecule has 6 nitrogen and oxygen atoms in total. The van der Waals surface area contributed by atoms with E-state index in [2.05, 4.69) is 10.2 Å². The minimum atomic E-state index is -3.72. The highest BCUT2D eigenvalue weighted by molar-refractivity contribution is 7.89. The summed E-state index contributed by atoms with van der Waals surface area (Å²) in [6.07, 6.45) is 0.250. The Morgan fingerprint density at radius 1 is 1.26 bits per heavy atom. The molecule has 3 rings (SSSR count). The standard InChI is InChI=1S/C15H16FN3O3S/c1-11-5-6-15(18-17-11)22-13-7-8-19(10-13)23(20,21)14-4-2-3-12(16)9-14/h2-6,9,13H,7-8,10H2,1H3. The minimum absolute atomic E-state index is 0.0479. The predicted octanol–water partition coefficient (Wildman–Crippen LogP) is 1.77. The molecular formula is C15H16FN3O3S. The van der Waals surface area contributed by atoms with Crippen molar-refractivity contribution in [2.24, 2.45) is 0 Å². The zero-order valence-electron chi connectivity index (χ0n) is 12.5. The molecule has 2 aromatic rings. The monoisotopic (exact) mass is 337 g/mol. The summed E-state index contributed by atoms with van der Waals surface area (Å²) < 4.78 is 45.2. The van der Waals surface area contributed by atoms with E-state index in [1.165, 1.54) is 22.5 Å². The van der Waals surface area contributed by atoms with Crippen LogP contribution in [0.4, 0.5) is 4.39 Å². The molecule has 0 amide bonds. The van der Waals surface area contributed by atoms with Crippen LogP contribution in [0.3, 0.4) is 0 Å². The van der Waals surface area contributed by atoms with E-state index in [0.717, 1.165) is 11.8 Å². The van der Waals surface area contributed by atoms with Crippen molar-refractivity contribution in [2.45, 2.75) is 24.3 Å². The number of sulfonamides is 1. The molecule has 8 heteroatoms. The van der Waals surface area contributed by atoms with Crippen molar-refractivity contribution in [1.82, 2.24) is 14.5 Å². The number of aromatic nitrogens is 2. The van der Waals surface area contributed by atoms with E-state index >= 15 is 0 Å². The van der Waals surface area contributed by atoms with Crippen molar-refractivity contribution in [3.05, 3.63) is 47.9 Å². The Labute approximate surface area is 134 Å². The SMILES string of the molecule is Cc1ccc(OC2CCN(S(=O)(=O)c3cccc(F)c3)C2)nn1. The molecule has 1 fully saturated rings. The lowest BCUT2D eigenvalue weighted by atomic mass is 10.3. The first-order chi connectivity index (χ1) is 10.9. The van der Waals surface area contributed by atoms with Gasteiger partial charge in [0.15, 0.2) is 0 Å². The molecule has 1 unspecified atom stereocenters. The fraction of sp³-hybridized carbons (Fsp3) is 0.333. The third kappa shape index (κ3) is 3.48. The molecule has 0 aliphatic carbocycles. The number of aryl methyl sites for hydroxylation is 1. The summed E-state index contributed by atoms with van der Waals surface area (Å²) in [4.78, 5) is -0.0479. The van der Waals surface area contributed by atoms with Crippen molar-refractivity contribution in [3.8, 4) is 5.88 Å². The molecule has 1 atom stereocenters. The van der Waals surface area contributed by atoms with Crippen LogP contribution in [-0.2, 0) is 10.0 Å². The van der Waals surface area contributed by atoms with Gasteiger partial charge in [0.2, 0.25) is 15.9 Å². The lowest BCUT2D eigenvalue weighted by Gasteiger charge is -2.17. The molecule has 0 radical (unpaired) electrons. The van der Waals surface area contributed by atoms with Gasteiger partial charge in [-0.15, -0.1) is 5.10 Å². The topological polar surface area (TPSA) is 72.4 Å². The summed E-state index contributed by atoms with van der Waals surface area (Å²) >= 11 is 0. The number of rotatable bonds is 4. The Bertz CT molecular complexity index is 796. The lowest BCUT2D eigenvalue weighted by molar-refractivity contribution is 0.204. The van der Waals surface area contributed by atoms with Crippen LogP contribution in [0.1, 0.15) is 12.1 Å². The van der Waals surface area contributed by atoms with Crippen LogP contribution in [0, 0.1) is 12.7 Å². The number of halogens is 1. The van der Waals surface area contributed by atoms with Crippen molar-refractivity contribution in [2.75, 3.05) is 13.1 Å². The second-order valence-corrected chi connectivity index (χ2v) is 7.30.